The Labute approximate surface area is 103 Å². The Balaban J connectivity index is 3.09. The molecule has 0 saturated carbocycles. The lowest BCUT2D eigenvalue weighted by Crippen LogP contribution is -2.18. The number of ketones is 1. The van der Waals surface area contributed by atoms with E-state index in [-0.39, 0.29) is 6.61 Å². The van der Waals surface area contributed by atoms with E-state index in [1.807, 2.05) is 13.0 Å². The first-order valence-corrected chi connectivity index (χ1v) is 5.74. The van der Waals surface area contributed by atoms with Gasteiger partial charge in [0, 0.05) is 10.0 Å². The van der Waals surface area contributed by atoms with Crippen LogP contribution >= 0.6 is 15.9 Å². The van der Waals surface area contributed by atoms with Crippen LogP contribution in [0.1, 0.15) is 28.4 Å². The molecule has 1 rings (SSSR count). The van der Waals surface area contributed by atoms with Gasteiger partial charge in [-0.1, -0.05) is 15.9 Å². The van der Waals surface area contributed by atoms with Crippen molar-refractivity contribution in [3.63, 3.8) is 0 Å². The summed E-state index contributed by atoms with van der Waals surface area (Å²) in [6.07, 6.45) is 0. The fourth-order valence-corrected chi connectivity index (χ4v) is 1.79. The fourth-order valence-electron chi connectivity index (χ4n) is 1.33. The molecular formula is C12H13BrO3. The second-order valence-electron chi connectivity index (χ2n) is 3.47. The molecule has 0 N–H and O–H groups in total. The molecule has 0 saturated heterocycles. The van der Waals surface area contributed by atoms with Crippen molar-refractivity contribution in [2.75, 3.05) is 6.61 Å². The maximum absolute atomic E-state index is 11.7. The normalized spacial score (nSPS) is 10.0. The van der Waals surface area contributed by atoms with E-state index in [0.717, 1.165) is 15.6 Å². The van der Waals surface area contributed by atoms with E-state index in [1.165, 1.54) is 0 Å². The lowest BCUT2D eigenvalue weighted by Gasteiger charge is -2.07. The molecule has 86 valence electrons. The van der Waals surface area contributed by atoms with Gasteiger partial charge in [-0.05, 0) is 44.0 Å². The SMILES string of the molecule is CCOC(=O)C(=O)c1cc(C)c(Br)cc1C. The average molecular weight is 285 g/mol. The van der Waals surface area contributed by atoms with E-state index in [9.17, 15) is 9.59 Å². The van der Waals surface area contributed by atoms with Crippen LogP contribution in [0.5, 0.6) is 0 Å². The number of rotatable bonds is 3. The van der Waals surface area contributed by atoms with Gasteiger partial charge in [-0.15, -0.1) is 0 Å². The highest BCUT2D eigenvalue weighted by Crippen LogP contribution is 2.21. The van der Waals surface area contributed by atoms with Gasteiger partial charge in [-0.25, -0.2) is 4.79 Å². The molecule has 0 aliphatic heterocycles. The predicted molar refractivity (Wildman–Crippen MR) is 64.6 cm³/mol. The summed E-state index contributed by atoms with van der Waals surface area (Å²) in [5.41, 5.74) is 2.08. The molecule has 0 unspecified atom stereocenters. The predicted octanol–water partition coefficient (Wildman–Crippen LogP) is 2.81. The summed E-state index contributed by atoms with van der Waals surface area (Å²) in [7, 11) is 0. The van der Waals surface area contributed by atoms with Gasteiger partial charge in [0.05, 0.1) is 6.61 Å². The molecule has 0 amide bonds. The summed E-state index contributed by atoms with van der Waals surface area (Å²) in [6.45, 7) is 5.53. The van der Waals surface area contributed by atoms with Crippen LogP contribution in [-0.4, -0.2) is 18.4 Å². The van der Waals surface area contributed by atoms with Gasteiger partial charge in [0.25, 0.3) is 5.78 Å². The first kappa shape index (κ1) is 12.9. The molecular weight excluding hydrogens is 272 g/mol. The zero-order valence-corrected chi connectivity index (χ0v) is 11.1. The number of hydrogen-bond donors (Lipinski definition) is 0. The van der Waals surface area contributed by atoms with Crippen LogP contribution in [-0.2, 0) is 9.53 Å². The minimum atomic E-state index is -0.799. The van der Waals surface area contributed by atoms with Gasteiger partial charge in [0.15, 0.2) is 0 Å². The van der Waals surface area contributed by atoms with Crippen molar-refractivity contribution in [3.05, 3.63) is 33.3 Å². The summed E-state index contributed by atoms with van der Waals surface area (Å²) in [4.78, 5) is 23.0. The third-order valence-electron chi connectivity index (χ3n) is 2.21. The van der Waals surface area contributed by atoms with Crippen molar-refractivity contribution in [3.8, 4) is 0 Å². The molecule has 0 radical (unpaired) electrons. The van der Waals surface area contributed by atoms with Gasteiger partial charge >= 0.3 is 5.97 Å². The Hall–Kier alpha value is -1.16. The number of Topliss-reactive ketones (excluding diaryl/α,β-unsaturated/α-hetero) is 1. The summed E-state index contributed by atoms with van der Waals surface area (Å²) < 4.78 is 5.60. The van der Waals surface area contributed by atoms with Crippen molar-refractivity contribution in [2.24, 2.45) is 0 Å². The maximum atomic E-state index is 11.7. The molecule has 0 spiro atoms. The molecule has 0 aliphatic carbocycles. The summed E-state index contributed by atoms with van der Waals surface area (Å²) in [5.74, 6) is -1.39. The molecule has 1 aromatic carbocycles. The maximum Gasteiger partial charge on any atom is 0.379 e. The van der Waals surface area contributed by atoms with Crippen molar-refractivity contribution in [1.29, 1.82) is 0 Å². The zero-order chi connectivity index (χ0) is 12.3. The molecule has 16 heavy (non-hydrogen) atoms. The Morgan fingerprint density at radius 3 is 2.44 bits per heavy atom. The van der Waals surface area contributed by atoms with E-state index in [0.29, 0.717) is 5.56 Å². The standard InChI is InChI=1S/C12H13BrO3/c1-4-16-12(15)11(14)9-5-8(3)10(13)6-7(9)2/h5-6H,4H2,1-3H3. The highest BCUT2D eigenvalue weighted by Gasteiger charge is 2.20. The zero-order valence-electron chi connectivity index (χ0n) is 9.46. The minimum absolute atomic E-state index is 0.207. The first-order valence-electron chi connectivity index (χ1n) is 4.95. The number of halogens is 1. The van der Waals surface area contributed by atoms with Crippen molar-refractivity contribution in [2.45, 2.75) is 20.8 Å². The lowest BCUT2D eigenvalue weighted by molar-refractivity contribution is -0.137. The first-order chi connectivity index (χ1) is 7.47. The second kappa shape index (κ2) is 5.25. The number of benzene rings is 1. The smallest absolute Gasteiger partial charge is 0.379 e. The number of carbonyl (C=O) groups excluding carboxylic acids is 2. The molecule has 1 aromatic rings. The number of ether oxygens (including phenoxy) is 1. The third-order valence-corrected chi connectivity index (χ3v) is 3.07. The van der Waals surface area contributed by atoms with Crippen LogP contribution in [0.2, 0.25) is 0 Å². The van der Waals surface area contributed by atoms with Crippen molar-refractivity contribution >= 4 is 27.7 Å². The molecule has 3 nitrogen and oxygen atoms in total. The number of carbonyl (C=O) groups is 2. The molecule has 0 heterocycles. The van der Waals surface area contributed by atoms with E-state index in [1.54, 1.807) is 19.9 Å². The molecule has 0 aromatic heterocycles. The Bertz CT molecular complexity index is 438. The monoisotopic (exact) mass is 284 g/mol. The van der Waals surface area contributed by atoms with Crippen molar-refractivity contribution in [1.82, 2.24) is 0 Å². The number of hydrogen-bond acceptors (Lipinski definition) is 3. The summed E-state index contributed by atoms with van der Waals surface area (Å²) >= 11 is 3.37. The Morgan fingerprint density at radius 1 is 1.25 bits per heavy atom. The minimum Gasteiger partial charge on any atom is -0.460 e. The van der Waals surface area contributed by atoms with Gasteiger partial charge in [-0.2, -0.15) is 0 Å². The summed E-state index contributed by atoms with van der Waals surface area (Å²) in [5, 5.41) is 0. The third kappa shape index (κ3) is 2.70. The fraction of sp³-hybridized carbons (Fsp3) is 0.333. The van der Waals surface area contributed by atoms with Gasteiger partial charge < -0.3 is 4.74 Å². The molecule has 0 atom stereocenters. The quantitative estimate of drug-likeness (QED) is 0.487. The van der Waals surface area contributed by atoms with Crippen LogP contribution < -0.4 is 0 Å². The Kier molecular flexibility index (Phi) is 4.24. The Morgan fingerprint density at radius 2 is 1.88 bits per heavy atom. The second-order valence-corrected chi connectivity index (χ2v) is 4.32. The lowest BCUT2D eigenvalue weighted by atomic mass is 10.0. The van der Waals surface area contributed by atoms with Crippen LogP contribution in [0.3, 0.4) is 0 Å². The summed E-state index contributed by atoms with van der Waals surface area (Å²) in [6, 6.07) is 3.51. The van der Waals surface area contributed by atoms with Gasteiger partial charge in [-0.3, -0.25) is 4.79 Å². The van der Waals surface area contributed by atoms with E-state index in [2.05, 4.69) is 20.7 Å². The van der Waals surface area contributed by atoms with Crippen LogP contribution in [0.15, 0.2) is 16.6 Å². The molecule has 4 heteroatoms. The number of esters is 1. The topological polar surface area (TPSA) is 43.4 Å². The van der Waals surface area contributed by atoms with Crippen molar-refractivity contribution < 1.29 is 14.3 Å². The highest BCUT2D eigenvalue weighted by atomic mass is 79.9. The van der Waals surface area contributed by atoms with Gasteiger partial charge in [0.1, 0.15) is 0 Å². The highest BCUT2D eigenvalue weighted by molar-refractivity contribution is 9.10. The van der Waals surface area contributed by atoms with E-state index < -0.39 is 11.8 Å². The molecule has 0 bridgehead atoms. The number of aryl methyl sites for hydroxylation is 2. The molecule has 0 aliphatic rings. The van der Waals surface area contributed by atoms with E-state index in [4.69, 9.17) is 0 Å². The largest absolute Gasteiger partial charge is 0.460 e. The molecule has 0 fully saturated rings. The van der Waals surface area contributed by atoms with Crippen LogP contribution in [0.25, 0.3) is 0 Å². The average Bonchev–Trinajstić information content (AvgIpc) is 2.23. The van der Waals surface area contributed by atoms with Gasteiger partial charge in [0.2, 0.25) is 0 Å². The van der Waals surface area contributed by atoms with E-state index >= 15 is 0 Å². The van der Waals surface area contributed by atoms with Crippen LogP contribution in [0.4, 0.5) is 0 Å². The van der Waals surface area contributed by atoms with Crippen LogP contribution in [0, 0.1) is 13.8 Å².